The van der Waals surface area contributed by atoms with Gasteiger partial charge in [-0.1, -0.05) is 42.0 Å². The molecule has 18 heavy (non-hydrogen) atoms. The van der Waals surface area contributed by atoms with Crippen LogP contribution in [0.1, 0.15) is 28.2 Å². The normalized spacial score (nSPS) is 16.8. The Bertz CT molecular complexity index is 640. The second-order valence-electron chi connectivity index (χ2n) is 4.59. The zero-order valence-corrected chi connectivity index (χ0v) is 10.2. The van der Waals surface area contributed by atoms with E-state index in [1.165, 1.54) is 0 Å². The molecule has 0 fully saturated rings. The molecule has 0 aromatic heterocycles. The molecular formula is C16H13NO. The first-order valence-corrected chi connectivity index (χ1v) is 6.00. The summed E-state index contributed by atoms with van der Waals surface area (Å²) in [7, 11) is 0. The van der Waals surface area contributed by atoms with Gasteiger partial charge >= 0.3 is 0 Å². The smallest absolute Gasteiger partial charge is 0.124 e. The molecule has 1 atom stereocenters. The number of rotatable bonds is 0. The molecule has 2 nitrogen and oxygen atoms in total. The maximum atomic E-state index is 9.49. The van der Waals surface area contributed by atoms with Gasteiger partial charge in [-0.25, -0.2) is 0 Å². The van der Waals surface area contributed by atoms with Crippen molar-refractivity contribution >= 4 is 0 Å². The van der Waals surface area contributed by atoms with Gasteiger partial charge in [0.05, 0.1) is 6.07 Å². The van der Waals surface area contributed by atoms with Crippen molar-refractivity contribution in [3.8, 4) is 11.8 Å². The van der Waals surface area contributed by atoms with Crippen LogP contribution in [-0.2, 0) is 6.61 Å². The summed E-state index contributed by atoms with van der Waals surface area (Å²) in [5.74, 6) is 0.585. The van der Waals surface area contributed by atoms with Crippen LogP contribution in [0, 0.1) is 18.3 Å². The van der Waals surface area contributed by atoms with E-state index in [0.29, 0.717) is 6.61 Å². The van der Waals surface area contributed by atoms with Gasteiger partial charge in [0.2, 0.25) is 0 Å². The van der Waals surface area contributed by atoms with E-state index in [0.717, 1.165) is 28.0 Å². The zero-order chi connectivity index (χ0) is 12.5. The fourth-order valence-electron chi connectivity index (χ4n) is 2.43. The number of fused-ring (bicyclic) bond motifs is 2. The second kappa shape index (κ2) is 4.19. The van der Waals surface area contributed by atoms with Gasteiger partial charge in [-0.15, -0.1) is 0 Å². The van der Waals surface area contributed by atoms with Crippen LogP contribution >= 0.6 is 0 Å². The summed E-state index contributed by atoms with van der Waals surface area (Å²) in [5, 5.41) is 9.49. The number of nitriles is 1. The van der Waals surface area contributed by atoms with Crippen molar-refractivity contribution < 1.29 is 4.74 Å². The molecule has 88 valence electrons. The van der Waals surface area contributed by atoms with Gasteiger partial charge in [0, 0.05) is 5.56 Å². The number of ether oxygens (including phenoxy) is 1. The van der Waals surface area contributed by atoms with Crippen LogP contribution in [0.15, 0.2) is 42.5 Å². The van der Waals surface area contributed by atoms with Crippen LogP contribution in [0.25, 0.3) is 0 Å². The topological polar surface area (TPSA) is 33.0 Å². The molecule has 1 aliphatic rings. The predicted molar refractivity (Wildman–Crippen MR) is 69.4 cm³/mol. The molecule has 2 heteroatoms. The molecule has 0 saturated carbocycles. The van der Waals surface area contributed by atoms with E-state index in [9.17, 15) is 5.26 Å². The molecule has 0 radical (unpaired) electrons. The molecule has 1 aliphatic heterocycles. The van der Waals surface area contributed by atoms with Crippen LogP contribution in [0.4, 0.5) is 0 Å². The van der Waals surface area contributed by atoms with Crippen molar-refractivity contribution in [1.29, 1.82) is 5.26 Å². The third kappa shape index (κ3) is 1.65. The van der Waals surface area contributed by atoms with Crippen LogP contribution in [0.3, 0.4) is 0 Å². The summed E-state index contributed by atoms with van der Waals surface area (Å²) in [6.07, 6.45) is 0. The Morgan fingerprint density at radius 1 is 1.17 bits per heavy atom. The zero-order valence-electron chi connectivity index (χ0n) is 10.2. The van der Waals surface area contributed by atoms with E-state index >= 15 is 0 Å². The van der Waals surface area contributed by atoms with Crippen molar-refractivity contribution in [3.05, 3.63) is 64.7 Å². The van der Waals surface area contributed by atoms with E-state index in [4.69, 9.17) is 4.74 Å². The van der Waals surface area contributed by atoms with E-state index < -0.39 is 0 Å². The van der Waals surface area contributed by atoms with Gasteiger partial charge < -0.3 is 4.74 Å². The Balaban J connectivity index is 2.24. The molecule has 0 amide bonds. The summed E-state index contributed by atoms with van der Waals surface area (Å²) in [4.78, 5) is 0. The van der Waals surface area contributed by atoms with Crippen LogP contribution < -0.4 is 4.74 Å². The standard InChI is InChI=1S/C16H13NO/c1-11-6-7-16-14(8-11)15(9-17)13-5-3-2-4-12(13)10-18-16/h2-8,15H,10H2,1H3. The highest BCUT2D eigenvalue weighted by atomic mass is 16.5. The number of benzene rings is 2. The van der Waals surface area contributed by atoms with Gasteiger partial charge in [0.15, 0.2) is 0 Å². The second-order valence-corrected chi connectivity index (χ2v) is 4.59. The number of hydrogen-bond donors (Lipinski definition) is 0. The maximum absolute atomic E-state index is 9.49. The van der Waals surface area contributed by atoms with Gasteiger partial charge in [0.25, 0.3) is 0 Å². The molecule has 0 N–H and O–H groups in total. The number of nitrogens with zero attached hydrogens (tertiary/aromatic N) is 1. The third-order valence-electron chi connectivity index (χ3n) is 3.35. The molecule has 1 unspecified atom stereocenters. The molecule has 0 aliphatic carbocycles. The fourth-order valence-corrected chi connectivity index (χ4v) is 2.43. The molecule has 3 rings (SSSR count). The largest absolute Gasteiger partial charge is 0.489 e. The Labute approximate surface area is 106 Å². The summed E-state index contributed by atoms with van der Waals surface area (Å²) in [6, 6.07) is 16.4. The summed E-state index contributed by atoms with van der Waals surface area (Å²) in [6.45, 7) is 2.57. The SMILES string of the molecule is Cc1ccc2c(c1)C(C#N)c1ccccc1CO2. The van der Waals surface area contributed by atoms with Gasteiger partial charge in [-0.2, -0.15) is 5.26 Å². The molecule has 0 spiro atoms. The first-order chi connectivity index (χ1) is 8.79. The van der Waals surface area contributed by atoms with Crippen LogP contribution in [-0.4, -0.2) is 0 Å². The monoisotopic (exact) mass is 235 g/mol. The Hall–Kier alpha value is -2.27. The summed E-state index contributed by atoms with van der Waals surface area (Å²) in [5.41, 5.74) is 4.28. The Morgan fingerprint density at radius 2 is 2.00 bits per heavy atom. The molecule has 0 saturated heterocycles. The lowest BCUT2D eigenvalue weighted by Gasteiger charge is -2.12. The first kappa shape index (κ1) is 10.9. The molecule has 1 heterocycles. The Morgan fingerprint density at radius 3 is 2.83 bits per heavy atom. The molecular weight excluding hydrogens is 222 g/mol. The summed E-state index contributed by atoms with van der Waals surface area (Å²) >= 11 is 0. The minimum absolute atomic E-state index is 0.237. The van der Waals surface area contributed by atoms with E-state index in [2.05, 4.69) is 6.07 Å². The number of hydrogen-bond acceptors (Lipinski definition) is 2. The van der Waals surface area contributed by atoms with Gasteiger partial charge in [-0.05, 0) is 24.1 Å². The first-order valence-electron chi connectivity index (χ1n) is 6.00. The fraction of sp³-hybridized carbons (Fsp3) is 0.188. The Kier molecular flexibility index (Phi) is 2.53. The average Bonchev–Trinajstić information content (AvgIpc) is 2.54. The molecule has 0 bridgehead atoms. The van der Waals surface area contributed by atoms with E-state index in [-0.39, 0.29) is 5.92 Å². The highest BCUT2D eigenvalue weighted by Gasteiger charge is 2.24. The lowest BCUT2D eigenvalue weighted by molar-refractivity contribution is 0.307. The summed E-state index contributed by atoms with van der Waals surface area (Å²) < 4.78 is 5.81. The predicted octanol–water partition coefficient (Wildman–Crippen LogP) is 3.54. The number of aryl methyl sites for hydroxylation is 1. The van der Waals surface area contributed by atoms with Crippen molar-refractivity contribution in [2.45, 2.75) is 19.4 Å². The highest BCUT2D eigenvalue weighted by molar-refractivity contribution is 5.51. The van der Waals surface area contributed by atoms with E-state index in [1.54, 1.807) is 0 Å². The van der Waals surface area contributed by atoms with Crippen LogP contribution in [0.2, 0.25) is 0 Å². The minimum Gasteiger partial charge on any atom is -0.489 e. The van der Waals surface area contributed by atoms with Gasteiger partial charge in [0.1, 0.15) is 18.3 Å². The average molecular weight is 235 g/mol. The lowest BCUT2D eigenvalue weighted by atomic mass is 9.89. The highest BCUT2D eigenvalue weighted by Crippen LogP contribution is 2.37. The van der Waals surface area contributed by atoms with Crippen molar-refractivity contribution in [3.63, 3.8) is 0 Å². The quantitative estimate of drug-likeness (QED) is 0.699. The van der Waals surface area contributed by atoms with E-state index in [1.807, 2.05) is 49.4 Å². The molecule has 2 aromatic rings. The maximum Gasteiger partial charge on any atom is 0.124 e. The van der Waals surface area contributed by atoms with Crippen molar-refractivity contribution in [1.82, 2.24) is 0 Å². The lowest BCUT2D eigenvalue weighted by Crippen LogP contribution is -1.99. The van der Waals surface area contributed by atoms with Crippen molar-refractivity contribution in [2.24, 2.45) is 0 Å². The minimum atomic E-state index is -0.237. The van der Waals surface area contributed by atoms with Crippen molar-refractivity contribution in [2.75, 3.05) is 0 Å². The third-order valence-corrected chi connectivity index (χ3v) is 3.35. The van der Waals surface area contributed by atoms with Crippen LogP contribution in [0.5, 0.6) is 5.75 Å². The van der Waals surface area contributed by atoms with Gasteiger partial charge in [-0.3, -0.25) is 0 Å². The molecule has 2 aromatic carbocycles.